The number of aliphatic hydroxyl groups excluding tert-OH is 1. The van der Waals surface area contributed by atoms with Gasteiger partial charge in [-0.1, -0.05) is 0 Å². The van der Waals surface area contributed by atoms with Crippen molar-refractivity contribution < 1.29 is 5.11 Å². The van der Waals surface area contributed by atoms with Gasteiger partial charge in [-0.25, -0.2) is 4.98 Å². The predicted octanol–water partition coefficient (Wildman–Crippen LogP) is 1.46. The van der Waals surface area contributed by atoms with Crippen molar-refractivity contribution in [1.29, 1.82) is 0 Å². The Kier molecular flexibility index (Phi) is 4.77. The summed E-state index contributed by atoms with van der Waals surface area (Å²) in [6.45, 7) is 2.44. The first kappa shape index (κ1) is 12.2. The molecule has 5 nitrogen and oxygen atoms in total. The Balaban J connectivity index is 2.59. The van der Waals surface area contributed by atoms with Crippen LogP contribution >= 0.6 is 15.9 Å². The minimum atomic E-state index is -0.304. The van der Waals surface area contributed by atoms with Gasteiger partial charge in [0.25, 0.3) is 0 Å². The van der Waals surface area contributed by atoms with Gasteiger partial charge in [0.2, 0.25) is 5.95 Å². The van der Waals surface area contributed by atoms with Crippen LogP contribution in [0.4, 0.5) is 11.8 Å². The van der Waals surface area contributed by atoms with Crippen molar-refractivity contribution in [2.75, 3.05) is 24.2 Å². The second kappa shape index (κ2) is 5.87. The number of nitrogens with one attached hydrogen (secondary N) is 2. The van der Waals surface area contributed by atoms with Crippen LogP contribution < -0.4 is 10.6 Å². The number of nitrogens with zero attached hydrogens (tertiary/aromatic N) is 2. The minimum Gasteiger partial charge on any atom is -0.393 e. The summed E-state index contributed by atoms with van der Waals surface area (Å²) in [5, 5.41) is 15.1. The number of hydrogen-bond donors (Lipinski definition) is 3. The lowest BCUT2D eigenvalue weighted by Gasteiger charge is -2.09. The monoisotopic (exact) mass is 274 g/mol. The van der Waals surface area contributed by atoms with Crippen LogP contribution in [0.5, 0.6) is 0 Å². The van der Waals surface area contributed by atoms with Gasteiger partial charge in [-0.05, 0) is 29.3 Å². The zero-order chi connectivity index (χ0) is 11.3. The van der Waals surface area contributed by atoms with E-state index < -0.39 is 0 Å². The van der Waals surface area contributed by atoms with E-state index in [0.29, 0.717) is 18.9 Å². The van der Waals surface area contributed by atoms with Gasteiger partial charge in [0.1, 0.15) is 5.82 Å². The lowest BCUT2D eigenvalue weighted by molar-refractivity contribution is 0.188. The fraction of sp³-hybridized carbons (Fsp3) is 0.556. The summed E-state index contributed by atoms with van der Waals surface area (Å²) in [6.07, 6.45) is 2.07. The standard InChI is InChI=1S/C9H15BrN4O/c1-6(15)3-4-12-8-7(10)5-13-9(11-2)14-8/h5-6,15H,3-4H2,1-2H3,(H2,11,12,13,14). The zero-order valence-corrected chi connectivity index (χ0v) is 10.4. The lowest BCUT2D eigenvalue weighted by atomic mass is 10.3. The van der Waals surface area contributed by atoms with Gasteiger partial charge in [0.15, 0.2) is 0 Å². The van der Waals surface area contributed by atoms with Crippen molar-refractivity contribution in [2.24, 2.45) is 0 Å². The summed E-state index contributed by atoms with van der Waals surface area (Å²) in [7, 11) is 1.77. The topological polar surface area (TPSA) is 70.1 Å². The third kappa shape index (κ3) is 4.01. The van der Waals surface area contributed by atoms with Crippen LogP contribution in [0, 0.1) is 0 Å². The largest absolute Gasteiger partial charge is 0.393 e. The van der Waals surface area contributed by atoms with Crippen molar-refractivity contribution in [2.45, 2.75) is 19.4 Å². The number of rotatable bonds is 5. The van der Waals surface area contributed by atoms with E-state index in [0.717, 1.165) is 10.3 Å². The first-order chi connectivity index (χ1) is 7.13. The molecule has 0 fully saturated rings. The van der Waals surface area contributed by atoms with Crippen LogP contribution in [0.25, 0.3) is 0 Å². The Morgan fingerprint density at radius 1 is 1.60 bits per heavy atom. The molecule has 1 rings (SSSR count). The van der Waals surface area contributed by atoms with Gasteiger partial charge in [-0.15, -0.1) is 0 Å². The molecule has 3 N–H and O–H groups in total. The molecular weight excluding hydrogens is 260 g/mol. The molecule has 0 radical (unpaired) electrons. The predicted molar refractivity (Wildman–Crippen MR) is 64.1 cm³/mol. The average Bonchev–Trinajstić information content (AvgIpc) is 2.20. The molecule has 0 aliphatic heterocycles. The highest BCUT2D eigenvalue weighted by Crippen LogP contribution is 2.19. The second-order valence-electron chi connectivity index (χ2n) is 3.20. The maximum atomic E-state index is 9.10. The summed E-state index contributed by atoms with van der Waals surface area (Å²) in [4.78, 5) is 8.27. The highest BCUT2D eigenvalue weighted by Gasteiger charge is 2.03. The molecule has 1 atom stereocenters. The molecule has 0 saturated heterocycles. The lowest BCUT2D eigenvalue weighted by Crippen LogP contribution is -2.11. The van der Waals surface area contributed by atoms with Crippen LogP contribution in [0.15, 0.2) is 10.7 Å². The van der Waals surface area contributed by atoms with Crippen molar-refractivity contribution in [3.8, 4) is 0 Å². The van der Waals surface area contributed by atoms with E-state index in [1.807, 2.05) is 0 Å². The summed E-state index contributed by atoms with van der Waals surface area (Å²) in [6, 6.07) is 0. The van der Waals surface area contributed by atoms with Gasteiger partial charge in [0.05, 0.1) is 10.6 Å². The maximum Gasteiger partial charge on any atom is 0.224 e. The number of anilines is 2. The maximum absolute atomic E-state index is 9.10. The fourth-order valence-corrected chi connectivity index (χ4v) is 1.34. The summed E-state index contributed by atoms with van der Waals surface area (Å²) in [5.74, 6) is 1.30. The van der Waals surface area contributed by atoms with E-state index in [-0.39, 0.29) is 6.10 Å². The number of aromatic nitrogens is 2. The number of hydrogen-bond acceptors (Lipinski definition) is 5. The van der Waals surface area contributed by atoms with Gasteiger partial charge in [0, 0.05) is 19.8 Å². The molecule has 0 bridgehead atoms. The van der Waals surface area contributed by atoms with Crippen molar-refractivity contribution in [3.63, 3.8) is 0 Å². The molecule has 1 aromatic rings. The molecule has 0 saturated carbocycles. The molecule has 0 aliphatic rings. The van der Waals surface area contributed by atoms with Gasteiger partial charge >= 0.3 is 0 Å². The molecule has 1 unspecified atom stereocenters. The Morgan fingerprint density at radius 2 is 2.33 bits per heavy atom. The number of halogens is 1. The highest BCUT2D eigenvalue weighted by atomic mass is 79.9. The van der Waals surface area contributed by atoms with Crippen molar-refractivity contribution >= 4 is 27.7 Å². The Labute approximate surface area is 97.5 Å². The molecular formula is C9H15BrN4O. The van der Waals surface area contributed by atoms with E-state index in [4.69, 9.17) is 5.11 Å². The van der Waals surface area contributed by atoms with Crippen LogP contribution in [0.3, 0.4) is 0 Å². The van der Waals surface area contributed by atoms with Crippen LogP contribution in [-0.4, -0.2) is 34.8 Å². The van der Waals surface area contributed by atoms with E-state index in [9.17, 15) is 0 Å². The van der Waals surface area contributed by atoms with Gasteiger partial charge in [-0.3, -0.25) is 0 Å². The average molecular weight is 275 g/mol. The second-order valence-corrected chi connectivity index (χ2v) is 4.06. The Hall–Kier alpha value is -0.880. The van der Waals surface area contributed by atoms with Crippen molar-refractivity contribution in [3.05, 3.63) is 10.7 Å². The third-order valence-corrected chi connectivity index (χ3v) is 2.40. The van der Waals surface area contributed by atoms with E-state index in [1.165, 1.54) is 0 Å². The molecule has 0 aromatic carbocycles. The summed E-state index contributed by atoms with van der Waals surface area (Å²) >= 11 is 3.35. The fourth-order valence-electron chi connectivity index (χ4n) is 1.01. The van der Waals surface area contributed by atoms with Crippen LogP contribution in [-0.2, 0) is 0 Å². The molecule has 1 aromatic heterocycles. The van der Waals surface area contributed by atoms with E-state index in [2.05, 4.69) is 36.5 Å². The summed E-state index contributed by atoms with van der Waals surface area (Å²) < 4.78 is 0.812. The number of aliphatic hydroxyl groups is 1. The molecule has 0 spiro atoms. The molecule has 0 aliphatic carbocycles. The van der Waals surface area contributed by atoms with Gasteiger partial charge in [-0.2, -0.15) is 4.98 Å². The molecule has 0 amide bonds. The van der Waals surface area contributed by atoms with Gasteiger partial charge < -0.3 is 15.7 Å². The minimum absolute atomic E-state index is 0.304. The highest BCUT2D eigenvalue weighted by molar-refractivity contribution is 9.10. The molecule has 6 heteroatoms. The first-order valence-corrected chi connectivity index (χ1v) is 5.55. The smallest absolute Gasteiger partial charge is 0.224 e. The normalized spacial score (nSPS) is 12.3. The van der Waals surface area contributed by atoms with Crippen molar-refractivity contribution in [1.82, 2.24) is 9.97 Å². The zero-order valence-electron chi connectivity index (χ0n) is 8.79. The quantitative estimate of drug-likeness (QED) is 0.759. The SMILES string of the molecule is CNc1ncc(Br)c(NCCC(C)O)n1. The first-order valence-electron chi connectivity index (χ1n) is 4.75. The Bertz CT molecular complexity index is 319. The van der Waals surface area contributed by atoms with Crippen LogP contribution in [0.2, 0.25) is 0 Å². The Morgan fingerprint density at radius 3 is 2.93 bits per heavy atom. The molecule has 1 heterocycles. The molecule has 84 valence electrons. The third-order valence-electron chi connectivity index (χ3n) is 1.82. The van der Waals surface area contributed by atoms with Crippen LogP contribution in [0.1, 0.15) is 13.3 Å². The van der Waals surface area contributed by atoms with E-state index in [1.54, 1.807) is 20.2 Å². The van der Waals surface area contributed by atoms with E-state index >= 15 is 0 Å². The molecule has 15 heavy (non-hydrogen) atoms. The summed E-state index contributed by atoms with van der Waals surface area (Å²) in [5.41, 5.74) is 0.